The van der Waals surface area contributed by atoms with Crippen molar-refractivity contribution in [3.63, 3.8) is 0 Å². The number of hydrogen-bond donors (Lipinski definition) is 0. The Morgan fingerprint density at radius 2 is 1.93 bits per heavy atom. The highest BCUT2D eigenvalue weighted by Gasteiger charge is 2.28. The standard InChI is InChI=1S/C21H20BrNO6S/c22-15-5-7-18(8-6-15)30(25,26)20-10-9-19(29-20)21(24)23(13-16-3-1-11-27-16)14-17-4-2-12-28-17/h1,3,5-11,17H,2,4,12-14H2. The maximum absolute atomic E-state index is 13.1. The number of nitrogens with zero attached hydrogens (tertiary/aromatic N) is 1. The predicted octanol–water partition coefficient (Wildman–Crippen LogP) is 4.29. The Morgan fingerprint density at radius 3 is 2.60 bits per heavy atom. The van der Waals surface area contributed by atoms with Gasteiger partial charge in [-0.05, 0) is 61.4 Å². The molecule has 1 aliphatic heterocycles. The minimum atomic E-state index is -3.87. The molecule has 4 rings (SSSR count). The maximum Gasteiger partial charge on any atom is 0.290 e. The van der Waals surface area contributed by atoms with E-state index in [9.17, 15) is 13.2 Å². The molecule has 158 valence electrons. The number of carbonyl (C=O) groups excluding carboxylic acids is 1. The van der Waals surface area contributed by atoms with Crippen LogP contribution < -0.4 is 0 Å². The average molecular weight is 494 g/mol. The predicted molar refractivity (Wildman–Crippen MR) is 111 cm³/mol. The summed E-state index contributed by atoms with van der Waals surface area (Å²) in [5, 5.41) is -0.275. The summed E-state index contributed by atoms with van der Waals surface area (Å²) in [6, 6.07) is 12.4. The molecule has 2 aromatic heterocycles. The molecule has 7 nitrogen and oxygen atoms in total. The molecule has 1 saturated heterocycles. The molecule has 1 atom stereocenters. The normalized spacial score (nSPS) is 16.6. The molecule has 0 N–H and O–H groups in total. The van der Waals surface area contributed by atoms with Crippen LogP contribution in [0.4, 0.5) is 0 Å². The first-order valence-electron chi connectivity index (χ1n) is 9.47. The van der Waals surface area contributed by atoms with Gasteiger partial charge >= 0.3 is 0 Å². The fraction of sp³-hybridized carbons (Fsp3) is 0.286. The van der Waals surface area contributed by atoms with Gasteiger partial charge in [0.15, 0.2) is 5.76 Å². The zero-order valence-corrected chi connectivity index (χ0v) is 18.4. The summed E-state index contributed by atoms with van der Waals surface area (Å²) in [5.74, 6) is 0.157. The molecule has 0 aliphatic carbocycles. The quantitative estimate of drug-likeness (QED) is 0.487. The molecular weight excluding hydrogens is 474 g/mol. The van der Waals surface area contributed by atoms with E-state index in [1.165, 1.54) is 24.3 Å². The highest BCUT2D eigenvalue weighted by Crippen LogP contribution is 2.25. The van der Waals surface area contributed by atoms with Crippen molar-refractivity contribution in [1.29, 1.82) is 0 Å². The van der Waals surface area contributed by atoms with E-state index >= 15 is 0 Å². The van der Waals surface area contributed by atoms with Crippen LogP contribution in [0.1, 0.15) is 29.2 Å². The van der Waals surface area contributed by atoms with E-state index in [4.69, 9.17) is 13.6 Å². The number of benzene rings is 1. The third-order valence-electron chi connectivity index (χ3n) is 4.84. The molecule has 9 heteroatoms. The van der Waals surface area contributed by atoms with Crippen molar-refractivity contribution in [2.75, 3.05) is 13.2 Å². The molecule has 1 unspecified atom stereocenters. The highest BCUT2D eigenvalue weighted by molar-refractivity contribution is 9.10. The Bertz CT molecular complexity index is 1100. The summed E-state index contributed by atoms with van der Waals surface area (Å²) < 4.78 is 42.9. The summed E-state index contributed by atoms with van der Waals surface area (Å²) in [6.45, 7) is 1.28. The smallest absolute Gasteiger partial charge is 0.290 e. The molecule has 1 aromatic carbocycles. The van der Waals surface area contributed by atoms with Crippen molar-refractivity contribution in [3.8, 4) is 0 Å². The molecule has 3 heterocycles. The van der Waals surface area contributed by atoms with Gasteiger partial charge in [0.1, 0.15) is 5.76 Å². The second-order valence-electron chi connectivity index (χ2n) is 6.98. The Balaban J connectivity index is 1.57. The van der Waals surface area contributed by atoms with Gasteiger partial charge in [0.2, 0.25) is 14.9 Å². The Hall–Kier alpha value is -2.36. The summed E-state index contributed by atoms with van der Waals surface area (Å²) in [4.78, 5) is 14.8. The van der Waals surface area contributed by atoms with Crippen LogP contribution in [0.25, 0.3) is 0 Å². The average Bonchev–Trinajstić information content (AvgIpc) is 3.50. The summed E-state index contributed by atoms with van der Waals surface area (Å²) >= 11 is 3.28. The van der Waals surface area contributed by atoms with Crippen LogP contribution in [-0.4, -0.2) is 38.5 Å². The molecule has 1 amide bonds. The molecule has 1 aliphatic rings. The lowest BCUT2D eigenvalue weighted by Crippen LogP contribution is -2.36. The zero-order chi connectivity index (χ0) is 21.1. The first kappa shape index (κ1) is 20.9. The summed E-state index contributed by atoms with van der Waals surface area (Å²) in [5.41, 5.74) is 0. The number of hydrogen-bond acceptors (Lipinski definition) is 6. The molecule has 30 heavy (non-hydrogen) atoms. The van der Waals surface area contributed by atoms with E-state index in [2.05, 4.69) is 15.9 Å². The van der Waals surface area contributed by atoms with Crippen molar-refractivity contribution in [3.05, 3.63) is 70.8 Å². The number of amides is 1. The Labute approximate surface area is 182 Å². The lowest BCUT2D eigenvalue weighted by Gasteiger charge is -2.23. The third kappa shape index (κ3) is 4.53. The van der Waals surface area contributed by atoms with Gasteiger partial charge in [0, 0.05) is 17.6 Å². The van der Waals surface area contributed by atoms with Gasteiger partial charge in [0.25, 0.3) is 5.91 Å². The summed E-state index contributed by atoms with van der Waals surface area (Å²) in [7, 11) is -3.87. The lowest BCUT2D eigenvalue weighted by molar-refractivity contribution is 0.0464. The highest BCUT2D eigenvalue weighted by atomic mass is 79.9. The van der Waals surface area contributed by atoms with Crippen LogP contribution >= 0.6 is 15.9 Å². The van der Waals surface area contributed by atoms with E-state index in [0.717, 1.165) is 17.3 Å². The van der Waals surface area contributed by atoms with Crippen LogP contribution in [0.2, 0.25) is 0 Å². The maximum atomic E-state index is 13.1. The molecule has 0 saturated carbocycles. The fourth-order valence-corrected chi connectivity index (χ4v) is 4.75. The second-order valence-corrected chi connectivity index (χ2v) is 9.77. The van der Waals surface area contributed by atoms with Crippen LogP contribution in [0, 0.1) is 0 Å². The number of ether oxygens (including phenoxy) is 1. The Kier molecular flexibility index (Phi) is 6.12. The van der Waals surface area contributed by atoms with Gasteiger partial charge < -0.3 is 18.5 Å². The largest absolute Gasteiger partial charge is 0.467 e. The molecule has 0 spiro atoms. The molecule has 0 radical (unpaired) electrons. The monoisotopic (exact) mass is 493 g/mol. The number of halogens is 1. The molecular formula is C21H20BrNO6S. The van der Waals surface area contributed by atoms with Gasteiger partial charge in [-0.3, -0.25) is 4.79 Å². The topological polar surface area (TPSA) is 90.0 Å². The van der Waals surface area contributed by atoms with Crippen LogP contribution in [0.5, 0.6) is 0 Å². The fourth-order valence-electron chi connectivity index (χ4n) is 3.31. The van der Waals surface area contributed by atoms with E-state index in [1.807, 2.05) is 0 Å². The molecule has 0 bridgehead atoms. The van der Waals surface area contributed by atoms with E-state index in [-0.39, 0.29) is 28.4 Å². The van der Waals surface area contributed by atoms with Gasteiger partial charge in [-0.1, -0.05) is 15.9 Å². The van der Waals surface area contributed by atoms with E-state index in [0.29, 0.717) is 18.9 Å². The lowest BCUT2D eigenvalue weighted by atomic mass is 10.2. The number of carbonyl (C=O) groups is 1. The zero-order valence-electron chi connectivity index (χ0n) is 16.0. The first-order valence-corrected chi connectivity index (χ1v) is 11.7. The number of sulfone groups is 1. The molecule has 1 fully saturated rings. The first-order chi connectivity index (χ1) is 14.4. The SMILES string of the molecule is O=C(c1ccc(S(=O)(=O)c2ccc(Br)cc2)o1)N(Cc1ccco1)CC1CCCO1. The summed E-state index contributed by atoms with van der Waals surface area (Å²) in [6.07, 6.45) is 3.29. The minimum Gasteiger partial charge on any atom is -0.467 e. The van der Waals surface area contributed by atoms with Crippen molar-refractivity contribution in [2.24, 2.45) is 0 Å². The van der Waals surface area contributed by atoms with Crippen LogP contribution in [0.3, 0.4) is 0 Å². The van der Waals surface area contributed by atoms with Crippen molar-refractivity contribution >= 4 is 31.7 Å². The third-order valence-corrected chi connectivity index (χ3v) is 7.01. The van der Waals surface area contributed by atoms with Gasteiger partial charge in [-0.15, -0.1) is 0 Å². The van der Waals surface area contributed by atoms with E-state index < -0.39 is 15.7 Å². The van der Waals surface area contributed by atoms with Crippen LogP contribution in [0.15, 0.2) is 78.1 Å². The van der Waals surface area contributed by atoms with Crippen molar-refractivity contribution in [1.82, 2.24) is 4.90 Å². The van der Waals surface area contributed by atoms with Crippen molar-refractivity contribution in [2.45, 2.75) is 35.5 Å². The number of rotatable bonds is 7. The van der Waals surface area contributed by atoms with Crippen LogP contribution in [-0.2, 0) is 21.1 Å². The minimum absolute atomic E-state index is 0.0461. The van der Waals surface area contributed by atoms with E-state index in [1.54, 1.807) is 35.4 Å². The van der Waals surface area contributed by atoms with Gasteiger partial charge in [0.05, 0.1) is 23.8 Å². The number of furan rings is 2. The van der Waals surface area contributed by atoms with Gasteiger partial charge in [-0.2, -0.15) is 0 Å². The second kappa shape index (κ2) is 8.79. The van der Waals surface area contributed by atoms with Crippen molar-refractivity contribution < 1.29 is 26.8 Å². The Morgan fingerprint density at radius 1 is 1.13 bits per heavy atom. The van der Waals surface area contributed by atoms with Gasteiger partial charge in [-0.25, -0.2) is 8.42 Å². The molecule has 3 aromatic rings.